The highest BCUT2D eigenvalue weighted by Crippen LogP contribution is 2.40. The van der Waals surface area contributed by atoms with Gasteiger partial charge in [-0.2, -0.15) is 0 Å². The van der Waals surface area contributed by atoms with E-state index in [2.05, 4.69) is 31.3 Å². The molecule has 0 spiro atoms. The van der Waals surface area contributed by atoms with Gasteiger partial charge in [0.05, 0.1) is 5.56 Å². The monoisotopic (exact) mass is 478 g/mol. The van der Waals surface area contributed by atoms with Crippen molar-refractivity contribution in [3.05, 3.63) is 22.3 Å². The maximum atomic E-state index is 10.1. The predicted octanol–water partition coefficient (Wildman–Crippen LogP) is 3.72. The van der Waals surface area contributed by atoms with Crippen molar-refractivity contribution in [3.63, 3.8) is 0 Å². The van der Waals surface area contributed by atoms with Gasteiger partial charge in [-0.05, 0) is 59.3 Å². The van der Waals surface area contributed by atoms with Gasteiger partial charge in [-0.3, -0.25) is 0 Å². The summed E-state index contributed by atoms with van der Waals surface area (Å²) in [6.07, 6.45) is 11.0. The summed E-state index contributed by atoms with van der Waals surface area (Å²) in [5.41, 5.74) is 0.888. The number of hydrogen-bond acceptors (Lipinski definition) is 7. The second-order valence-electron chi connectivity index (χ2n) is 9.11. The zero-order valence-electron chi connectivity index (χ0n) is 17.3. The highest BCUT2D eigenvalue weighted by atomic mass is 79.9. The Morgan fingerprint density at radius 3 is 2.77 bits per heavy atom. The third-order valence-corrected chi connectivity index (χ3v) is 7.27. The first-order valence-corrected chi connectivity index (χ1v) is 12.2. The van der Waals surface area contributed by atoms with E-state index < -0.39 is 6.29 Å². The molecule has 2 N–H and O–H groups in total. The second kappa shape index (κ2) is 9.01. The van der Waals surface area contributed by atoms with Crippen molar-refractivity contribution in [2.24, 2.45) is 17.0 Å². The molecule has 3 atom stereocenters. The van der Waals surface area contributed by atoms with Gasteiger partial charge in [0.1, 0.15) is 5.82 Å². The number of halogens is 1. The minimum atomic E-state index is -0.550. The number of anilines is 1. The number of nitrogens with zero attached hydrogens (tertiary/aromatic N) is 3. The molecule has 3 unspecified atom stereocenters. The van der Waals surface area contributed by atoms with Crippen LogP contribution in [0.4, 0.5) is 5.82 Å². The number of aliphatic hydroxyl groups is 1. The molecule has 30 heavy (non-hydrogen) atoms. The van der Waals surface area contributed by atoms with E-state index in [1.54, 1.807) is 0 Å². The number of aliphatic hydroxyl groups excluding tert-OH is 1. The molecule has 0 bridgehead atoms. The van der Waals surface area contributed by atoms with Crippen molar-refractivity contribution in [1.29, 1.82) is 0 Å². The average Bonchev–Trinajstić information content (AvgIpc) is 3.51. The van der Waals surface area contributed by atoms with E-state index in [9.17, 15) is 5.11 Å². The highest BCUT2D eigenvalue weighted by molar-refractivity contribution is 9.10. The van der Waals surface area contributed by atoms with Gasteiger partial charge >= 0.3 is 0 Å². The molecule has 7 nitrogen and oxygen atoms in total. The Balaban J connectivity index is 1.28. The van der Waals surface area contributed by atoms with Gasteiger partial charge < -0.3 is 24.9 Å². The van der Waals surface area contributed by atoms with Crippen molar-refractivity contribution in [3.8, 4) is 0 Å². The van der Waals surface area contributed by atoms with Crippen LogP contribution in [0.5, 0.6) is 0 Å². The Labute approximate surface area is 186 Å². The fraction of sp³-hybridized carbons (Fsp3) is 0.727. The molecule has 2 aliphatic carbocycles. The van der Waals surface area contributed by atoms with Crippen LogP contribution >= 0.6 is 15.9 Å². The third-order valence-electron chi connectivity index (χ3n) is 6.83. The van der Waals surface area contributed by atoms with Crippen molar-refractivity contribution < 1.29 is 14.7 Å². The maximum Gasteiger partial charge on any atom is 0.297 e. The van der Waals surface area contributed by atoms with E-state index in [0.29, 0.717) is 18.0 Å². The van der Waals surface area contributed by atoms with Crippen LogP contribution in [0.15, 0.2) is 21.9 Å². The Hall–Kier alpha value is -1.38. The fourth-order valence-corrected chi connectivity index (χ4v) is 5.31. The largest absolute Gasteiger partial charge is 0.432 e. The van der Waals surface area contributed by atoms with Crippen LogP contribution in [0.25, 0.3) is 0 Å². The molecule has 1 aromatic heterocycles. The topological polar surface area (TPSA) is 79.2 Å². The first kappa shape index (κ1) is 20.5. The zero-order valence-corrected chi connectivity index (χ0v) is 18.9. The highest BCUT2D eigenvalue weighted by Gasteiger charge is 2.39. The van der Waals surface area contributed by atoms with Crippen LogP contribution < -0.4 is 10.2 Å². The average molecular weight is 479 g/mol. The number of pyridine rings is 1. The number of nitrogens with one attached hydrogen (secondary N) is 1. The van der Waals surface area contributed by atoms with Crippen molar-refractivity contribution >= 4 is 27.6 Å². The van der Waals surface area contributed by atoms with Crippen LogP contribution in [0.1, 0.15) is 63.2 Å². The number of aromatic nitrogens is 1. The van der Waals surface area contributed by atoms with Crippen molar-refractivity contribution in [1.82, 2.24) is 10.3 Å². The lowest BCUT2D eigenvalue weighted by Gasteiger charge is -2.41. The summed E-state index contributed by atoms with van der Waals surface area (Å²) in [5.74, 6) is 2.18. The Morgan fingerprint density at radius 2 is 2.00 bits per heavy atom. The van der Waals surface area contributed by atoms with Gasteiger partial charge in [-0.15, -0.1) is 0 Å². The van der Waals surface area contributed by atoms with Crippen LogP contribution in [0, 0.1) is 11.8 Å². The maximum absolute atomic E-state index is 10.1. The van der Waals surface area contributed by atoms with E-state index in [0.717, 1.165) is 54.1 Å². The van der Waals surface area contributed by atoms with Gasteiger partial charge in [0.15, 0.2) is 0 Å². The number of piperidine rings is 1. The molecule has 0 amide bonds. The molecule has 4 aliphatic rings. The minimum Gasteiger partial charge on any atom is -0.432 e. The zero-order chi connectivity index (χ0) is 20.5. The fourth-order valence-electron chi connectivity index (χ4n) is 4.96. The van der Waals surface area contributed by atoms with Gasteiger partial charge in [-0.25, -0.2) is 4.98 Å². The number of hydrogen-bond donors (Lipinski definition) is 2. The Morgan fingerprint density at radius 1 is 1.17 bits per heavy atom. The predicted molar refractivity (Wildman–Crippen MR) is 118 cm³/mol. The quantitative estimate of drug-likeness (QED) is 0.648. The first-order chi connectivity index (χ1) is 14.7. The molecule has 164 valence electrons. The van der Waals surface area contributed by atoms with Crippen LogP contribution in [0.3, 0.4) is 0 Å². The van der Waals surface area contributed by atoms with E-state index in [1.807, 2.05) is 12.3 Å². The summed E-state index contributed by atoms with van der Waals surface area (Å²) in [6, 6.07) is 2.97. The van der Waals surface area contributed by atoms with E-state index in [1.165, 1.54) is 32.1 Å². The SMILES string of the molecule is OCC1CN(c2ncc(Br)cc2C2ON=C(C3CC3)O2)CCC1NC1CCCCC1. The summed E-state index contributed by atoms with van der Waals surface area (Å²) in [7, 11) is 0. The van der Waals surface area contributed by atoms with E-state index in [4.69, 9.17) is 14.6 Å². The summed E-state index contributed by atoms with van der Waals surface area (Å²) in [5, 5.41) is 18.1. The minimum absolute atomic E-state index is 0.179. The van der Waals surface area contributed by atoms with Gasteiger partial charge in [0, 0.05) is 54.3 Å². The van der Waals surface area contributed by atoms with Gasteiger partial charge in [-0.1, -0.05) is 19.3 Å². The molecule has 0 aromatic carbocycles. The molecule has 2 saturated carbocycles. The number of oxime groups is 1. The van der Waals surface area contributed by atoms with Crippen molar-refractivity contribution in [2.75, 3.05) is 24.6 Å². The van der Waals surface area contributed by atoms with E-state index >= 15 is 0 Å². The smallest absolute Gasteiger partial charge is 0.297 e. The Bertz CT molecular complexity index is 782. The van der Waals surface area contributed by atoms with Crippen LogP contribution in [-0.2, 0) is 9.57 Å². The lowest BCUT2D eigenvalue weighted by Crippen LogP contribution is -2.54. The molecule has 1 saturated heterocycles. The molecule has 3 fully saturated rings. The summed E-state index contributed by atoms with van der Waals surface area (Å²) >= 11 is 3.53. The van der Waals surface area contributed by atoms with Crippen LogP contribution in [-0.4, -0.2) is 47.8 Å². The molecule has 3 heterocycles. The summed E-state index contributed by atoms with van der Waals surface area (Å²) in [4.78, 5) is 12.6. The van der Waals surface area contributed by atoms with Gasteiger partial charge in [0.2, 0.25) is 5.90 Å². The van der Waals surface area contributed by atoms with Crippen molar-refractivity contribution in [2.45, 2.75) is 69.7 Å². The summed E-state index contributed by atoms with van der Waals surface area (Å²) < 4.78 is 6.90. The lowest BCUT2D eigenvalue weighted by atomic mass is 9.89. The molecule has 0 radical (unpaired) electrons. The lowest BCUT2D eigenvalue weighted by molar-refractivity contribution is -0.0507. The molecule has 1 aromatic rings. The number of rotatable bonds is 6. The molecular weight excluding hydrogens is 448 g/mol. The molecule has 2 aliphatic heterocycles. The third kappa shape index (κ3) is 4.46. The van der Waals surface area contributed by atoms with Gasteiger partial charge in [0.25, 0.3) is 6.29 Å². The normalized spacial score (nSPS) is 30.0. The first-order valence-electron chi connectivity index (χ1n) is 11.4. The molecular formula is C22H31BrN4O3. The molecule has 5 rings (SSSR count). The second-order valence-corrected chi connectivity index (χ2v) is 10.0. The van der Waals surface area contributed by atoms with Crippen LogP contribution in [0.2, 0.25) is 0 Å². The number of ether oxygens (including phenoxy) is 1. The summed E-state index contributed by atoms with van der Waals surface area (Å²) in [6.45, 7) is 1.84. The molecule has 8 heteroatoms. The Kier molecular flexibility index (Phi) is 6.16. The van der Waals surface area contributed by atoms with E-state index in [-0.39, 0.29) is 12.5 Å². The standard InChI is InChI=1S/C22H31BrN4O3/c23-16-10-18(22-29-21(26-30-22)14-6-7-14)20(24-11-16)27-9-8-19(15(12-27)13-28)25-17-4-2-1-3-5-17/h10-11,14-15,17,19,22,25,28H,1-9,12-13H2.